The molecular formula is C17H23BrN2O2. The molecule has 5 heteroatoms. The number of ether oxygens (including phenoxy) is 2. The van der Waals surface area contributed by atoms with Crippen molar-refractivity contribution in [2.75, 3.05) is 14.2 Å². The molecule has 0 radical (unpaired) electrons. The molecule has 4 nitrogen and oxygen atoms in total. The number of benzene rings is 1. The molecule has 0 fully saturated rings. The maximum atomic E-state index is 5.49. The molecular weight excluding hydrogens is 344 g/mol. The largest absolute Gasteiger partial charge is 0.483 e. The van der Waals surface area contributed by atoms with E-state index in [1.807, 2.05) is 6.07 Å². The van der Waals surface area contributed by atoms with Gasteiger partial charge in [0.1, 0.15) is 12.1 Å². The van der Waals surface area contributed by atoms with Crippen molar-refractivity contribution in [3.05, 3.63) is 33.8 Å². The topological polar surface area (TPSA) is 43.2 Å². The van der Waals surface area contributed by atoms with Gasteiger partial charge in [0.25, 0.3) is 0 Å². The first-order valence-corrected chi connectivity index (χ1v) is 8.24. The van der Waals surface area contributed by atoms with Crippen LogP contribution in [0, 0.1) is 12.8 Å². The van der Waals surface area contributed by atoms with Gasteiger partial charge in [-0.25, -0.2) is 9.98 Å². The average Bonchev–Trinajstić information content (AvgIpc) is 2.49. The zero-order chi connectivity index (χ0) is 16.3. The Kier molecular flexibility index (Phi) is 5.62. The second-order valence-corrected chi connectivity index (χ2v) is 6.74. The molecule has 0 saturated carbocycles. The average molecular weight is 367 g/mol. The molecule has 0 bridgehead atoms. The van der Waals surface area contributed by atoms with Crippen molar-refractivity contribution in [1.82, 2.24) is 0 Å². The Labute approximate surface area is 140 Å². The summed E-state index contributed by atoms with van der Waals surface area (Å²) >= 11 is 3.50. The third-order valence-electron chi connectivity index (χ3n) is 3.86. The summed E-state index contributed by atoms with van der Waals surface area (Å²) in [4.78, 5) is 9.45. The number of halogens is 1. The van der Waals surface area contributed by atoms with E-state index >= 15 is 0 Å². The third-order valence-corrected chi connectivity index (χ3v) is 4.35. The molecule has 0 spiro atoms. The highest BCUT2D eigenvalue weighted by Crippen LogP contribution is 2.22. The normalized spacial score (nSPS) is 21.4. The minimum atomic E-state index is -0.130. The van der Waals surface area contributed by atoms with Crippen molar-refractivity contribution in [2.45, 2.75) is 39.3 Å². The van der Waals surface area contributed by atoms with E-state index in [9.17, 15) is 0 Å². The van der Waals surface area contributed by atoms with Gasteiger partial charge in [-0.1, -0.05) is 35.8 Å². The molecule has 1 heterocycles. The number of aliphatic imine (C=N–C) groups is 2. The van der Waals surface area contributed by atoms with Gasteiger partial charge in [0.15, 0.2) is 0 Å². The van der Waals surface area contributed by atoms with Gasteiger partial charge >= 0.3 is 0 Å². The van der Waals surface area contributed by atoms with Gasteiger partial charge in [-0.2, -0.15) is 0 Å². The summed E-state index contributed by atoms with van der Waals surface area (Å²) in [5, 5.41) is 0. The van der Waals surface area contributed by atoms with Crippen LogP contribution in [0.5, 0.6) is 0 Å². The maximum Gasteiger partial charge on any atom is 0.209 e. The predicted octanol–water partition coefficient (Wildman–Crippen LogP) is 3.80. The minimum absolute atomic E-state index is 0.0674. The summed E-state index contributed by atoms with van der Waals surface area (Å²) in [5.74, 6) is 1.69. The maximum absolute atomic E-state index is 5.49. The van der Waals surface area contributed by atoms with Gasteiger partial charge in [-0.3, -0.25) is 0 Å². The van der Waals surface area contributed by atoms with Crippen molar-refractivity contribution in [3.8, 4) is 0 Å². The molecule has 0 N–H and O–H groups in total. The standard InChI is InChI=1S/C17H23BrN2O2/c1-10(2)15-17(22-5)19-14(16(20-15)21-4)9-12-6-7-13(18)8-11(12)3/h6-8,10,14-15H,9H2,1-5H3/t14-,15+/m0/s1. The van der Waals surface area contributed by atoms with Crippen molar-refractivity contribution >= 4 is 27.7 Å². The number of aryl methyl sites for hydroxylation is 1. The Morgan fingerprint density at radius 1 is 1.14 bits per heavy atom. The van der Waals surface area contributed by atoms with Gasteiger partial charge < -0.3 is 9.47 Å². The molecule has 0 aliphatic carbocycles. The Hall–Kier alpha value is -1.36. The Morgan fingerprint density at radius 3 is 2.36 bits per heavy atom. The van der Waals surface area contributed by atoms with Crippen LogP contribution in [0.1, 0.15) is 25.0 Å². The lowest BCUT2D eigenvalue weighted by Gasteiger charge is -2.27. The van der Waals surface area contributed by atoms with Crippen LogP contribution in [0.15, 0.2) is 32.7 Å². The molecule has 0 unspecified atom stereocenters. The van der Waals surface area contributed by atoms with E-state index in [4.69, 9.17) is 19.5 Å². The molecule has 120 valence electrons. The highest BCUT2D eigenvalue weighted by molar-refractivity contribution is 9.10. The molecule has 1 aromatic carbocycles. The first-order chi connectivity index (χ1) is 10.5. The van der Waals surface area contributed by atoms with Crippen LogP contribution in [0.25, 0.3) is 0 Å². The highest BCUT2D eigenvalue weighted by atomic mass is 79.9. The van der Waals surface area contributed by atoms with E-state index in [2.05, 4.69) is 48.8 Å². The summed E-state index contributed by atoms with van der Waals surface area (Å²) in [6, 6.07) is 6.08. The summed E-state index contributed by atoms with van der Waals surface area (Å²) in [5.41, 5.74) is 2.46. The fraction of sp³-hybridized carbons (Fsp3) is 0.529. The molecule has 0 aromatic heterocycles. The smallest absolute Gasteiger partial charge is 0.209 e. The molecule has 1 aromatic rings. The van der Waals surface area contributed by atoms with Gasteiger partial charge in [0.2, 0.25) is 11.8 Å². The van der Waals surface area contributed by atoms with Gasteiger partial charge in [0, 0.05) is 10.9 Å². The van der Waals surface area contributed by atoms with Crippen molar-refractivity contribution < 1.29 is 9.47 Å². The minimum Gasteiger partial charge on any atom is -0.483 e. The van der Waals surface area contributed by atoms with Crippen molar-refractivity contribution in [1.29, 1.82) is 0 Å². The van der Waals surface area contributed by atoms with Gasteiger partial charge in [-0.15, -0.1) is 0 Å². The molecule has 1 aliphatic heterocycles. The van der Waals surface area contributed by atoms with Crippen LogP contribution in [0.4, 0.5) is 0 Å². The SMILES string of the molecule is COC1=N[C@H](C(C)C)C(OC)=N[C@H]1Cc1ccc(Br)cc1C. The lowest BCUT2D eigenvalue weighted by atomic mass is 9.98. The molecule has 22 heavy (non-hydrogen) atoms. The summed E-state index contributed by atoms with van der Waals surface area (Å²) < 4.78 is 12.0. The zero-order valence-electron chi connectivity index (χ0n) is 13.8. The Balaban J connectivity index is 2.29. The Bertz CT molecular complexity index is 596. The fourth-order valence-electron chi connectivity index (χ4n) is 2.59. The summed E-state index contributed by atoms with van der Waals surface area (Å²) in [6.07, 6.45) is 0.753. The number of hydrogen-bond acceptors (Lipinski definition) is 4. The van der Waals surface area contributed by atoms with Crippen molar-refractivity contribution in [3.63, 3.8) is 0 Å². The lowest BCUT2D eigenvalue weighted by Crippen LogP contribution is -2.38. The van der Waals surface area contributed by atoms with Crippen LogP contribution in [0.3, 0.4) is 0 Å². The number of methoxy groups -OCH3 is 2. The summed E-state index contributed by atoms with van der Waals surface area (Å²) in [7, 11) is 3.31. The first kappa shape index (κ1) is 17.0. The quantitative estimate of drug-likeness (QED) is 0.816. The van der Waals surface area contributed by atoms with E-state index < -0.39 is 0 Å². The monoisotopic (exact) mass is 366 g/mol. The molecule has 2 atom stereocenters. The van der Waals surface area contributed by atoms with E-state index in [0.29, 0.717) is 17.7 Å². The second kappa shape index (κ2) is 7.27. The van der Waals surface area contributed by atoms with Crippen LogP contribution in [-0.4, -0.2) is 38.1 Å². The Morgan fingerprint density at radius 2 is 1.82 bits per heavy atom. The van der Waals surface area contributed by atoms with E-state index in [1.54, 1.807) is 14.2 Å². The van der Waals surface area contributed by atoms with Crippen LogP contribution >= 0.6 is 15.9 Å². The van der Waals surface area contributed by atoms with E-state index in [-0.39, 0.29) is 12.1 Å². The number of nitrogens with zero attached hydrogens (tertiary/aromatic N) is 2. The zero-order valence-corrected chi connectivity index (χ0v) is 15.3. The third kappa shape index (κ3) is 3.69. The fourth-order valence-corrected chi connectivity index (χ4v) is 3.07. The highest BCUT2D eigenvalue weighted by Gasteiger charge is 2.31. The molecule has 0 saturated heterocycles. The molecule has 2 rings (SSSR count). The molecule has 0 amide bonds. The van der Waals surface area contributed by atoms with E-state index in [1.165, 1.54) is 11.1 Å². The molecule has 1 aliphatic rings. The lowest BCUT2D eigenvalue weighted by molar-refractivity contribution is 0.332. The van der Waals surface area contributed by atoms with Crippen LogP contribution in [-0.2, 0) is 15.9 Å². The number of hydrogen-bond donors (Lipinski definition) is 0. The van der Waals surface area contributed by atoms with E-state index in [0.717, 1.165) is 10.9 Å². The second-order valence-electron chi connectivity index (χ2n) is 5.82. The van der Waals surface area contributed by atoms with Gasteiger partial charge in [-0.05, 0) is 36.1 Å². The first-order valence-electron chi connectivity index (χ1n) is 7.44. The predicted molar refractivity (Wildman–Crippen MR) is 93.9 cm³/mol. The van der Waals surface area contributed by atoms with Crippen LogP contribution < -0.4 is 0 Å². The van der Waals surface area contributed by atoms with Crippen LogP contribution in [0.2, 0.25) is 0 Å². The van der Waals surface area contributed by atoms with Gasteiger partial charge in [0.05, 0.1) is 14.2 Å². The van der Waals surface area contributed by atoms with Crippen molar-refractivity contribution in [2.24, 2.45) is 15.9 Å². The summed E-state index contributed by atoms with van der Waals surface area (Å²) in [6.45, 7) is 6.31. The number of rotatable bonds is 3.